The molecule has 5 nitrogen and oxygen atoms in total. The van der Waals surface area contributed by atoms with Crippen molar-refractivity contribution in [2.24, 2.45) is 0 Å². The van der Waals surface area contributed by atoms with Crippen LogP contribution in [0.15, 0.2) is 12.4 Å². The monoisotopic (exact) mass is 248 g/mol. The van der Waals surface area contributed by atoms with Crippen LogP contribution in [0.4, 0.5) is 0 Å². The summed E-state index contributed by atoms with van der Waals surface area (Å²) in [6, 6.07) is 0. The normalized spacial score (nSPS) is 14.4. The average molecular weight is 248 g/mol. The van der Waals surface area contributed by atoms with Crippen LogP contribution in [0.3, 0.4) is 0 Å². The summed E-state index contributed by atoms with van der Waals surface area (Å²) < 4.78 is 14.2. The number of rotatable bonds is 5. The van der Waals surface area contributed by atoms with E-state index < -0.39 is 9.53 Å². The fourth-order valence-corrected chi connectivity index (χ4v) is 1.89. The molecule has 1 heterocycles. The molecule has 0 aromatic heterocycles. The van der Waals surface area contributed by atoms with Crippen LogP contribution in [0.1, 0.15) is 13.3 Å². The van der Waals surface area contributed by atoms with E-state index in [0.29, 0.717) is 0 Å². The first kappa shape index (κ1) is 15.4. The van der Waals surface area contributed by atoms with Crippen LogP contribution >= 0.6 is 0 Å². The molecule has 1 aliphatic heterocycles. The Morgan fingerprint density at radius 2 is 1.69 bits per heavy atom. The molecule has 0 aromatic rings. The quantitative estimate of drug-likeness (QED) is 0.670. The molecule has 0 aliphatic carbocycles. The first-order valence-electron chi connectivity index (χ1n) is 5.38. The Kier molecular flexibility index (Phi) is 9.31. The highest BCUT2D eigenvalue weighted by Crippen LogP contribution is 2.02. The minimum Gasteiger partial charge on any atom is -0.379 e. The molecular weight excluding hydrogens is 224 g/mol. The van der Waals surface area contributed by atoms with E-state index in [-0.39, 0.29) is 0 Å². The van der Waals surface area contributed by atoms with E-state index in [1.54, 1.807) is 21.3 Å². The first-order valence-corrected chi connectivity index (χ1v) is 6.80. The topological polar surface area (TPSA) is 34.2 Å². The van der Waals surface area contributed by atoms with E-state index in [0.717, 1.165) is 6.67 Å². The molecule has 0 bridgehead atoms. The predicted molar refractivity (Wildman–Crippen MR) is 66.9 cm³/mol. The van der Waals surface area contributed by atoms with Crippen LogP contribution in [0.5, 0.6) is 0 Å². The second-order valence-corrected chi connectivity index (χ2v) is 5.50. The van der Waals surface area contributed by atoms with Gasteiger partial charge in [0.05, 0.1) is 6.67 Å². The molecule has 0 radical (unpaired) electrons. The third-order valence-corrected chi connectivity index (χ3v) is 3.18. The zero-order valence-corrected chi connectivity index (χ0v) is 12.1. The predicted octanol–water partition coefficient (Wildman–Crippen LogP) is 0.715. The van der Waals surface area contributed by atoms with Crippen LogP contribution in [-0.2, 0) is 13.3 Å². The van der Waals surface area contributed by atoms with Gasteiger partial charge in [0, 0.05) is 47.3 Å². The van der Waals surface area contributed by atoms with Crippen molar-refractivity contribution in [2.75, 3.05) is 41.6 Å². The van der Waals surface area contributed by atoms with Crippen molar-refractivity contribution in [3.63, 3.8) is 0 Å². The summed E-state index contributed by atoms with van der Waals surface area (Å²) in [6.45, 7) is 4.45. The van der Waals surface area contributed by atoms with Crippen molar-refractivity contribution in [3.05, 3.63) is 12.4 Å². The summed E-state index contributed by atoms with van der Waals surface area (Å²) in [7, 11) is 5.14. The van der Waals surface area contributed by atoms with Gasteiger partial charge in [-0.15, -0.1) is 0 Å². The highest BCUT2D eigenvalue weighted by atomic mass is 28.3. The minimum absolute atomic E-state index is 1.06. The summed E-state index contributed by atoms with van der Waals surface area (Å²) in [4.78, 5) is 4.48. The molecule has 6 heteroatoms. The van der Waals surface area contributed by atoms with Gasteiger partial charge in [-0.05, 0) is 6.42 Å². The molecule has 0 atom stereocenters. The van der Waals surface area contributed by atoms with Gasteiger partial charge in [0.2, 0.25) is 0 Å². The van der Waals surface area contributed by atoms with Gasteiger partial charge in [0.1, 0.15) is 0 Å². The molecule has 1 aliphatic rings. The lowest BCUT2D eigenvalue weighted by atomic mass is 10.4. The zero-order chi connectivity index (χ0) is 12.4. The Morgan fingerprint density at radius 3 is 1.94 bits per heavy atom. The lowest BCUT2D eigenvalue weighted by molar-refractivity contribution is 0.163. The van der Waals surface area contributed by atoms with Crippen LogP contribution in [0.25, 0.3) is 0 Å². The highest BCUT2D eigenvalue weighted by molar-refractivity contribution is 6.36. The van der Waals surface area contributed by atoms with E-state index in [4.69, 9.17) is 13.3 Å². The van der Waals surface area contributed by atoms with Gasteiger partial charge >= 0.3 is 9.53 Å². The van der Waals surface area contributed by atoms with Crippen LogP contribution in [0.2, 0.25) is 0 Å². The van der Waals surface area contributed by atoms with Crippen LogP contribution in [0, 0.1) is 0 Å². The van der Waals surface area contributed by atoms with E-state index in [2.05, 4.69) is 36.2 Å². The van der Waals surface area contributed by atoms with Crippen molar-refractivity contribution >= 4 is 9.53 Å². The highest BCUT2D eigenvalue weighted by Gasteiger charge is 2.05. The van der Waals surface area contributed by atoms with Crippen molar-refractivity contribution in [2.45, 2.75) is 13.3 Å². The van der Waals surface area contributed by atoms with E-state index in [1.165, 1.54) is 13.0 Å². The molecule has 0 spiro atoms. The van der Waals surface area contributed by atoms with Crippen molar-refractivity contribution in [1.29, 1.82) is 0 Å². The van der Waals surface area contributed by atoms with Gasteiger partial charge in [-0.1, -0.05) is 6.92 Å². The summed E-state index contributed by atoms with van der Waals surface area (Å²) in [6.07, 6.45) is 5.48. The molecule has 16 heavy (non-hydrogen) atoms. The number of hydrogen-bond acceptors (Lipinski definition) is 5. The summed E-state index contributed by atoms with van der Waals surface area (Å²) in [5.41, 5.74) is 0. The number of hydrogen-bond donors (Lipinski definition) is 0. The summed E-state index contributed by atoms with van der Waals surface area (Å²) in [5.74, 6) is 0. The van der Waals surface area contributed by atoms with Gasteiger partial charge in [-0.3, -0.25) is 0 Å². The third kappa shape index (κ3) is 6.84. The van der Waals surface area contributed by atoms with Gasteiger partial charge < -0.3 is 23.1 Å². The molecule has 0 saturated carbocycles. The molecule has 0 amide bonds. The summed E-state index contributed by atoms with van der Waals surface area (Å²) in [5, 5.41) is 0. The van der Waals surface area contributed by atoms with E-state index in [9.17, 15) is 0 Å². The average Bonchev–Trinajstić information content (AvgIpc) is 2.68. The SMILES string of the molecule is CCCN1C=CN(C)C1.CO[SiH](OC)OC. The maximum atomic E-state index is 4.74. The fraction of sp³-hybridized carbons (Fsp3) is 0.800. The molecule has 0 aromatic carbocycles. The van der Waals surface area contributed by atoms with Crippen molar-refractivity contribution in [3.8, 4) is 0 Å². The second kappa shape index (κ2) is 9.65. The largest absolute Gasteiger partial charge is 0.483 e. The van der Waals surface area contributed by atoms with Gasteiger partial charge in [-0.25, -0.2) is 0 Å². The smallest absolute Gasteiger partial charge is 0.379 e. The lowest BCUT2D eigenvalue weighted by Crippen LogP contribution is -2.22. The van der Waals surface area contributed by atoms with E-state index in [1.807, 2.05) is 0 Å². The Hall–Kier alpha value is -0.563. The molecule has 1 rings (SSSR count). The number of nitrogens with zero attached hydrogens (tertiary/aromatic N) is 2. The minimum atomic E-state index is -1.67. The Labute approximate surface area is 101 Å². The Balaban J connectivity index is 0.000000293. The van der Waals surface area contributed by atoms with Gasteiger partial charge in [0.25, 0.3) is 0 Å². The van der Waals surface area contributed by atoms with Gasteiger partial charge in [-0.2, -0.15) is 0 Å². The molecule has 0 fully saturated rings. The molecule has 96 valence electrons. The van der Waals surface area contributed by atoms with E-state index >= 15 is 0 Å². The summed E-state index contributed by atoms with van der Waals surface area (Å²) >= 11 is 0. The first-order chi connectivity index (χ1) is 7.67. The second-order valence-electron chi connectivity index (χ2n) is 3.50. The molecular formula is C10H24N2O3Si. The van der Waals surface area contributed by atoms with Crippen LogP contribution in [-0.4, -0.2) is 60.9 Å². The zero-order valence-electron chi connectivity index (χ0n) is 11.0. The molecule has 0 saturated heterocycles. The van der Waals surface area contributed by atoms with Crippen molar-refractivity contribution < 1.29 is 13.3 Å². The van der Waals surface area contributed by atoms with Crippen LogP contribution < -0.4 is 0 Å². The van der Waals surface area contributed by atoms with Gasteiger partial charge in [0.15, 0.2) is 0 Å². The maximum Gasteiger partial charge on any atom is 0.483 e. The maximum absolute atomic E-state index is 4.74. The fourth-order valence-electron chi connectivity index (χ4n) is 1.31. The molecule has 0 unspecified atom stereocenters. The Bertz CT molecular complexity index is 183. The lowest BCUT2D eigenvalue weighted by Gasteiger charge is -2.16. The van der Waals surface area contributed by atoms with Crippen molar-refractivity contribution in [1.82, 2.24) is 9.80 Å². The third-order valence-electron chi connectivity index (χ3n) is 2.02. The standard InChI is InChI=1S/C7H14N2.C3H10O3Si/c1-3-4-9-6-5-8(2)7-9;1-4-7(5-2)6-3/h5-6H,3-4,7H2,1-2H3;7H,1-3H3. The molecule has 0 N–H and O–H groups in total. The Morgan fingerprint density at radius 1 is 1.12 bits per heavy atom.